The van der Waals surface area contributed by atoms with Crippen LogP contribution >= 0.6 is 23.7 Å². The number of methoxy groups -OCH3 is 1. The summed E-state index contributed by atoms with van der Waals surface area (Å²) in [6.45, 7) is 3.94. The summed E-state index contributed by atoms with van der Waals surface area (Å²) in [4.78, 5) is 16.1. The highest BCUT2D eigenvalue weighted by atomic mass is 35.5. The van der Waals surface area contributed by atoms with Crippen molar-refractivity contribution < 1.29 is 14.3 Å². The summed E-state index contributed by atoms with van der Waals surface area (Å²) in [5, 5.41) is 0. The van der Waals surface area contributed by atoms with Crippen LogP contribution in [-0.4, -0.2) is 50.3 Å². The van der Waals surface area contributed by atoms with E-state index in [2.05, 4.69) is 11.0 Å². The molecule has 1 aromatic rings. The van der Waals surface area contributed by atoms with Gasteiger partial charge in [0.25, 0.3) is 5.91 Å². The van der Waals surface area contributed by atoms with E-state index in [4.69, 9.17) is 15.2 Å². The van der Waals surface area contributed by atoms with Crippen molar-refractivity contribution in [2.75, 3.05) is 33.4 Å². The van der Waals surface area contributed by atoms with Crippen LogP contribution in [-0.2, 0) is 15.1 Å². The van der Waals surface area contributed by atoms with Crippen LogP contribution in [0.1, 0.15) is 46.7 Å². The summed E-state index contributed by atoms with van der Waals surface area (Å²) in [5.74, 6) is 0.617. The molecule has 3 atom stereocenters. The van der Waals surface area contributed by atoms with Crippen molar-refractivity contribution in [2.45, 2.75) is 43.7 Å². The zero-order valence-corrected chi connectivity index (χ0v) is 16.9. The molecule has 26 heavy (non-hydrogen) atoms. The smallest absolute Gasteiger partial charge is 0.258 e. The number of hydrogen-bond donors (Lipinski definition) is 1. The van der Waals surface area contributed by atoms with Crippen molar-refractivity contribution in [3.8, 4) is 0 Å². The number of carbonyl (C=O) groups excluding carboxylic acids is 1. The van der Waals surface area contributed by atoms with Gasteiger partial charge in [-0.1, -0.05) is 6.42 Å². The molecule has 2 saturated heterocycles. The normalized spacial score (nSPS) is 32.8. The average Bonchev–Trinajstić information content (AvgIpc) is 3.12. The molecule has 3 heterocycles. The summed E-state index contributed by atoms with van der Waals surface area (Å²) >= 11 is 1.53. The predicted octanol–water partition coefficient (Wildman–Crippen LogP) is 3.02. The fourth-order valence-corrected chi connectivity index (χ4v) is 6.52. The van der Waals surface area contributed by atoms with Crippen molar-refractivity contribution in [2.24, 2.45) is 17.6 Å². The molecule has 5 nitrogen and oxygen atoms in total. The number of carbonyl (C=O) groups is 1. The van der Waals surface area contributed by atoms with Crippen LogP contribution in [0.4, 0.5) is 0 Å². The Morgan fingerprint density at radius 2 is 1.88 bits per heavy atom. The minimum absolute atomic E-state index is 0. The van der Waals surface area contributed by atoms with Crippen molar-refractivity contribution in [3.05, 3.63) is 21.9 Å². The summed E-state index contributed by atoms with van der Waals surface area (Å²) in [6, 6.07) is 4.59. The lowest BCUT2D eigenvalue weighted by molar-refractivity contribution is -0.175. The van der Waals surface area contributed by atoms with Gasteiger partial charge in [-0.25, -0.2) is 0 Å². The van der Waals surface area contributed by atoms with Gasteiger partial charge in [0, 0.05) is 56.2 Å². The van der Waals surface area contributed by atoms with Gasteiger partial charge in [-0.2, -0.15) is 0 Å². The summed E-state index contributed by atoms with van der Waals surface area (Å²) in [5.41, 5.74) is 5.24. The largest absolute Gasteiger partial charge is 0.381 e. The summed E-state index contributed by atoms with van der Waals surface area (Å²) < 4.78 is 11.8. The first-order chi connectivity index (χ1) is 12.1. The minimum Gasteiger partial charge on any atom is -0.381 e. The molecule has 1 aromatic heterocycles. The Balaban J connectivity index is 0.00000196. The lowest BCUT2D eigenvalue weighted by Gasteiger charge is -2.56. The fourth-order valence-electron chi connectivity index (χ4n) is 5.33. The molecule has 3 fully saturated rings. The Hall–Kier alpha value is -0.660. The van der Waals surface area contributed by atoms with Gasteiger partial charge in [-0.05, 0) is 37.8 Å². The molecule has 0 spiro atoms. The van der Waals surface area contributed by atoms with E-state index in [1.807, 2.05) is 13.2 Å². The van der Waals surface area contributed by atoms with Gasteiger partial charge in [0.2, 0.25) is 0 Å². The molecule has 1 amide bonds. The van der Waals surface area contributed by atoms with Crippen LogP contribution in [0.2, 0.25) is 0 Å². The van der Waals surface area contributed by atoms with E-state index in [-0.39, 0.29) is 23.9 Å². The number of nitrogens with zero attached hydrogens (tertiary/aromatic N) is 1. The van der Waals surface area contributed by atoms with Crippen molar-refractivity contribution in [1.29, 1.82) is 0 Å². The average molecular weight is 401 g/mol. The summed E-state index contributed by atoms with van der Waals surface area (Å²) in [7, 11) is 1.85. The second-order valence-electron chi connectivity index (χ2n) is 7.65. The number of amides is 1. The maximum Gasteiger partial charge on any atom is 0.258 e. The fraction of sp³-hybridized carbons (Fsp3) is 0.737. The van der Waals surface area contributed by atoms with Crippen LogP contribution in [0.15, 0.2) is 12.1 Å². The van der Waals surface area contributed by atoms with Crippen LogP contribution in [0, 0.1) is 11.8 Å². The zero-order chi connectivity index (χ0) is 17.4. The first-order valence-corrected chi connectivity index (χ1v) is 10.2. The number of hydrogen-bond acceptors (Lipinski definition) is 5. The monoisotopic (exact) mass is 400 g/mol. The van der Waals surface area contributed by atoms with E-state index in [0.717, 1.165) is 39.1 Å². The Kier molecular flexibility index (Phi) is 6.29. The zero-order valence-electron chi connectivity index (χ0n) is 15.3. The quantitative estimate of drug-likeness (QED) is 0.843. The molecule has 4 rings (SSSR count). The third-order valence-corrected chi connectivity index (χ3v) is 7.74. The second-order valence-corrected chi connectivity index (χ2v) is 8.73. The molecule has 0 radical (unpaired) electrons. The first kappa shape index (κ1) is 20.1. The molecule has 0 aromatic carbocycles. The van der Waals surface area contributed by atoms with Gasteiger partial charge in [-0.3, -0.25) is 9.69 Å². The lowest BCUT2D eigenvalue weighted by Crippen LogP contribution is -2.61. The van der Waals surface area contributed by atoms with E-state index >= 15 is 0 Å². The van der Waals surface area contributed by atoms with Crippen LogP contribution < -0.4 is 5.73 Å². The number of nitrogens with two attached hydrogens (primary N) is 1. The molecule has 2 N–H and O–H groups in total. The van der Waals surface area contributed by atoms with Crippen molar-refractivity contribution >= 4 is 29.7 Å². The first-order valence-electron chi connectivity index (χ1n) is 9.42. The summed E-state index contributed by atoms with van der Waals surface area (Å²) in [6.07, 6.45) is 5.94. The third kappa shape index (κ3) is 3.31. The van der Waals surface area contributed by atoms with Gasteiger partial charge < -0.3 is 15.2 Å². The molecule has 7 heteroatoms. The standard InChI is InChI=1S/C19H28N2O3S.ClH/c1-23-19(17-6-5-16(25-17)18(20)22)13-3-2-4-14(19)12-21(11-13)15-7-9-24-10-8-15;/h5-6,13-15H,2-4,7-12H2,1H3,(H2,20,22);1H/t13-,14+,19+;. The number of rotatable bonds is 4. The Morgan fingerprint density at radius 3 is 2.42 bits per heavy atom. The SMILES string of the molecule is CO[C@@]1(c2ccc(C(N)=O)s2)[C@@H]2CCC[C@H]1CN(C1CCOCC1)C2.Cl. The maximum absolute atomic E-state index is 11.6. The highest BCUT2D eigenvalue weighted by Crippen LogP contribution is 2.53. The van der Waals surface area contributed by atoms with E-state index in [1.54, 1.807) is 0 Å². The van der Waals surface area contributed by atoms with E-state index in [1.165, 1.54) is 35.5 Å². The number of thiophene rings is 1. The highest BCUT2D eigenvalue weighted by molar-refractivity contribution is 7.14. The molecule has 0 unspecified atom stereocenters. The number of ether oxygens (including phenoxy) is 2. The number of fused-ring (bicyclic) bond motifs is 2. The molecule has 1 saturated carbocycles. The van der Waals surface area contributed by atoms with Crippen LogP contribution in [0.3, 0.4) is 0 Å². The number of halogens is 1. The predicted molar refractivity (Wildman–Crippen MR) is 105 cm³/mol. The van der Waals surface area contributed by atoms with Gasteiger partial charge in [0.05, 0.1) is 4.88 Å². The van der Waals surface area contributed by atoms with Crippen molar-refractivity contribution in [1.82, 2.24) is 4.90 Å². The van der Waals surface area contributed by atoms with E-state index in [9.17, 15) is 4.79 Å². The van der Waals surface area contributed by atoms with E-state index in [0.29, 0.717) is 22.8 Å². The Labute approximate surface area is 165 Å². The third-order valence-electron chi connectivity index (χ3n) is 6.51. The molecule has 146 valence electrons. The molecule has 1 aliphatic carbocycles. The highest BCUT2D eigenvalue weighted by Gasteiger charge is 2.54. The minimum atomic E-state index is -0.340. The Bertz CT molecular complexity index is 618. The van der Waals surface area contributed by atoms with Gasteiger partial charge >= 0.3 is 0 Å². The molecular formula is C19H29ClN2O3S. The topological polar surface area (TPSA) is 64.8 Å². The number of piperidine rings is 1. The Morgan fingerprint density at radius 1 is 1.23 bits per heavy atom. The second kappa shape index (κ2) is 8.15. The molecule has 3 aliphatic rings. The van der Waals surface area contributed by atoms with Gasteiger partial charge in [0.15, 0.2) is 0 Å². The molecule has 2 aliphatic heterocycles. The van der Waals surface area contributed by atoms with Gasteiger partial charge in [-0.15, -0.1) is 23.7 Å². The number of likely N-dealkylation sites (tertiary alicyclic amines) is 1. The van der Waals surface area contributed by atoms with Crippen LogP contribution in [0.25, 0.3) is 0 Å². The molecular weight excluding hydrogens is 372 g/mol. The van der Waals surface area contributed by atoms with E-state index < -0.39 is 0 Å². The van der Waals surface area contributed by atoms with Crippen molar-refractivity contribution in [3.63, 3.8) is 0 Å². The molecule has 2 bridgehead atoms. The maximum atomic E-state index is 11.6. The number of primary amides is 1. The van der Waals surface area contributed by atoms with Crippen LogP contribution in [0.5, 0.6) is 0 Å². The van der Waals surface area contributed by atoms with Gasteiger partial charge in [0.1, 0.15) is 5.60 Å². The lowest BCUT2D eigenvalue weighted by atomic mass is 9.64.